The van der Waals surface area contributed by atoms with Crippen molar-refractivity contribution in [2.45, 2.75) is 19.3 Å². The predicted octanol–water partition coefficient (Wildman–Crippen LogP) is 0.369. The van der Waals surface area contributed by atoms with Crippen LogP contribution in [0.1, 0.15) is 13.3 Å². The molecule has 0 bridgehead atoms. The first-order valence-corrected chi connectivity index (χ1v) is 4.75. The van der Waals surface area contributed by atoms with Crippen LogP contribution < -0.4 is 11.1 Å². The van der Waals surface area contributed by atoms with Crippen LogP contribution in [-0.2, 0) is 9.53 Å². The third-order valence-corrected chi connectivity index (χ3v) is 1.83. The Morgan fingerprint density at radius 2 is 2.20 bits per heavy atom. The number of ether oxygens (including phenoxy) is 1. The fourth-order valence-corrected chi connectivity index (χ4v) is 1.03. The lowest BCUT2D eigenvalue weighted by Gasteiger charge is -2.15. The summed E-state index contributed by atoms with van der Waals surface area (Å²) in [6.07, 6.45) is 0.175. The molecule has 0 aliphatic carbocycles. The van der Waals surface area contributed by atoms with Crippen molar-refractivity contribution in [1.29, 1.82) is 0 Å². The molecule has 0 fully saturated rings. The highest BCUT2D eigenvalue weighted by molar-refractivity contribution is 5.76. The summed E-state index contributed by atoms with van der Waals surface area (Å²) < 4.78 is 30.1. The highest BCUT2D eigenvalue weighted by Crippen LogP contribution is 2.09. The molecule has 15 heavy (non-hydrogen) atoms. The van der Waals surface area contributed by atoms with Gasteiger partial charge in [0.25, 0.3) is 5.92 Å². The van der Waals surface area contributed by atoms with Crippen LogP contribution in [-0.4, -0.2) is 38.6 Å². The van der Waals surface area contributed by atoms with E-state index in [0.29, 0.717) is 6.61 Å². The van der Waals surface area contributed by atoms with Crippen LogP contribution in [0.4, 0.5) is 8.78 Å². The van der Waals surface area contributed by atoms with E-state index in [2.05, 4.69) is 5.32 Å². The van der Waals surface area contributed by atoms with Crippen molar-refractivity contribution >= 4 is 5.91 Å². The van der Waals surface area contributed by atoms with Crippen molar-refractivity contribution in [3.05, 3.63) is 0 Å². The summed E-state index contributed by atoms with van der Waals surface area (Å²) in [4.78, 5) is 11.2. The Morgan fingerprint density at radius 3 is 2.67 bits per heavy atom. The Kier molecular flexibility index (Phi) is 6.35. The standard InChI is InChI=1S/C9H18F2N2O2/c1-7(4-15-2)3-8(14)13-6-9(10,11)5-12/h7H,3-6,12H2,1-2H3,(H,13,14). The Hall–Kier alpha value is -0.750. The van der Waals surface area contributed by atoms with Crippen LogP contribution in [0.15, 0.2) is 0 Å². The van der Waals surface area contributed by atoms with Gasteiger partial charge in [-0.05, 0) is 5.92 Å². The first kappa shape index (κ1) is 14.2. The number of amides is 1. The summed E-state index contributed by atoms with van der Waals surface area (Å²) in [6.45, 7) is 0.772. The van der Waals surface area contributed by atoms with Crippen LogP contribution >= 0.6 is 0 Å². The second-order valence-electron chi connectivity index (χ2n) is 3.60. The zero-order valence-corrected chi connectivity index (χ0v) is 9.06. The van der Waals surface area contributed by atoms with Crippen LogP contribution in [0, 0.1) is 5.92 Å². The molecule has 0 spiro atoms. The summed E-state index contributed by atoms with van der Waals surface area (Å²) in [5, 5.41) is 2.14. The Labute approximate surface area is 88.2 Å². The second kappa shape index (κ2) is 6.68. The number of halogens is 2. The molecule has 3 N–H and O–H groups in total. The molecular formula is C9H18F2N2O2. The number of methoxy groups -OCH3 is 1. The molecule has 0 aliphatic heterocycles. The maximum absolute atomic E-state index is 12.6. The average molecular weight is 224 g/mol. The van der Waals surface area contributed by atoms with Gasteiger partial charge >= 0.3 is 0 Å². The normalized spacial score (nSPS) is 13.7. The highest BCUT2D eigenvalue weighted by atomic mass is 19.3. The summed E-state index contributed by atoms with van der Waals surface area (Å²) in [5.74, 6) is -3.42. The van der Waals surface area contributed by atoms with Crippen molar-refractivity contribution in [2.75, 3.05) is 26.8 Å². The molecule has 0 aromatic rings. The lowest BCUT2D eigenvalue weighted by atomic mass is 10.1. The van der Waals surface area contributed by atoms with Crippen molar-refractivity contribution in [3.8, 4) is 0 Å². The third-order valence-electron chi connectivity index (χ3n) is 1.83. The Balaban J connectivity index is 3.75. The quantitative estimate of drug-likeness (QED) is 0.656. The summed E-state index contributed by atoms with van der Waals surface area (Å²) >= 11 is 0. The van der Waals surface area contributed by atoms with E-state index in [1.807, 2.05) is 6.92 Å². The van der Waals surface area contributed by atoms with Crippen LogP contribution in [0.3, 0.4) is 0 Å². The fourth-order valence-electron chi connectivity index (χ4n) is 1.03. The van der Waals surface area contributed by atoms with E-state index in [-0.39, 0.29) is 12.3 Å². The lowest BCUT2D eigenvalue weighted by Crippen LogP contribution is -2.41. The molecule has 0 aromatic heterocycles. The van der Waals surface area contributed by atoms with E-state index in [1.54, 1.807) is 0 Å². The molecule has 0 saturated carbocycles. The molecule has 4 nitrogen and oxygen atoms in total. The molecule has 1 atom stereocenters. The number of carbonyl (C=O) groups is 1. The van der Waals surface area contributed by atoms with Crippen molar-refractivity contribution in [2.24, 2.45) is 11.7 Å². The van der Waals surface area contributed by atoms with Gasteiger partial charge in [-0.25, -0.2) is 8.78 Å². The second-order valence-corrected chi connectivity index (χ2v) is 3.60. The maximum Gasteiger partial charge on any atom is 0.277 e. The minimum atomic E-state index is -3.03. The van der Waals surface area contributed by atoms with Gasteiger partial charge in [0.15, 0.2) is 0 Å². The molecule has 0 saturated heterocycles. The SMILES string of the molecule is COCC(C)CC(=O)NCC(F)(F)CN. The van der Waals surface area contributed by atoms with Gasteiger partial charge in [-0.15, -0.1) is 0 Å². The number of nitrogens with two attached hydrogens (primary N) is 1. The monoisotopic (exact) mass is 224 g/mol. The molecule has 0 radical (unpaired) electrons. The largest absolute Gasteiger partial charge is 0.384 e. The summed E-state index contributed by atoms with van der Waals surface area (Å²) in [7, 11) is 1.52. The number of nitrogens with one attached hydrogen (secondary N) is 1. The minimum absolute atomic E-state index is 0.0153. The van der Waals surface area contributed by atoms with Gasteiger partial charge in [0.2, 0.25) is 5.91 Å². The molecule has 6 heteroatoms. The van der Waals surface area contributed by atoms with Gasteiger partial charge in [-0.1, -0.05) is 6.92 Å². The van der Waals surface area contributed by atoms with Gasteiger partial charge in [-0.3, -0.25) is 4.79 Å². The molecule has 1 unspecified atom stereocenters. The molecule has 0 aliphatic rings. The van der Waals surface area contributed by atoms with Gasteiger partial charge in [0.05, 0.1) is 13.1 Å². The summed E-state index contributed by atoms with van der Waals surface area (Å²) in [5.41, 5.74) is 4.82. The lowest BCUT2D eigenvalue weighted by molar-refractivity contribution is -0.124. The van der Waals surface area contributed by atoms with Gasteiger partial charge in [0.1, 0.15) is 0 Å². The third kappa shape index (κ3) is 7.21. The molecule has 0 aromatic carbocycles. The topological polar surface area (TPSA) is 64.3 Å². The van der Waals surface area contributed by atoms with Gasteiger partial charge in [-0.2, -0.15) is 0 Å². The van der Waals surface area contributed by atoms with Crippen molar-refractivity contribution < 1.29 is 18.3 Å². The molecule has 90 valence electrons. The molecular weight excluding hydrogens is 206 g/mol. The van der Waals surface area contributed by atoms with Crippen LogP contribution in [0.2, 0.25) is 0 Å². The first-order chi connectivity index (χ1) is 6.91. The van der Waals surface area contributed by atoms with E-state index in [9.17, 15) is 13.6 Å². The number of rotatable bonds is 7. The first-order valence-electron chi connectivity index (χ1n) is 4.75. The van der Waals surface area contributed by atoms with Crippen molar-refractivity contribution in [1.82, 2.24) is 5.32 Å². The summed E-state index contributed by atoms with van der Waals surface area (Å²) in [6, 6.07) is 0. The number of carbonyl (C=O) groups excluding carboxylic acids is 1. The minimum Gasteiger partial charge on any atom is -0.384 e. The van der Waals surface area contributed by atoms with E-state index >= 15 is 0 Å². The predicted molar refractivity (Wildman–Crippen MR) is 52.7 cm³/mol. The Bertz CT molecular complexity index is 201. The number of hydrogen-bond donors (Lipinski definition) is 2. The van der Waals surface area contributed by atoms with Gasteiger partial charge in [0, 0.05) is 20.1 Å². The molecule has 0 rings (SSSR count). The van der Waals surface area contributed by atoms with E-state index in [1.165, 1.54) is 7.11 Å². The smallest absolute Gasteiger partial charge is 0.277 e. The fraction of sp³-hybridized carbons (Fsp3) is 0.889. The average Bonchev–Trinajstić information content (AvgIpc) is 2.15. The van der Waals surface area contributed by atoms with Crippen LogP contribution in [0.25, 0.3) is 0 Å². The maximum atomic E-state index is 12.6. The zero-order chi connectivity index (χ0) is 11.9. The highest BCUT2D eigenvalue weighted by Gasteiger charge is 2.27. The van der Waals surface area contributed by atoms with Gasteiger partial charge < -0.3 is 15.8 Å². The van der Waals surface area contributed by atoms with E-state index < -0.39 is 24.9 Å². The number of alkyl halides is 2. The molecule has 0 heterocycles. The number of hydrogen-bond acceptors (Lipinski definition) is 3. The van der Waals surface area contributed by atoms with E-state index in [4.69, 9.17) is 10.5 Å². The molecule has 1 amide bonds. The zero-order valence-electron chi connectivity index (χ0n) is 9.06. The van der Waals surface area contributed by atoms with Crippen LogP contribution in [0.5, 0.6) is 0 Å². The Morgan fingerprint density at radius 1 is 1.60 bits per heavy atom. The van der Waals surface area contributed by atoms with Crippen molar-refractivity contribution in [3.63, 3.8) is 0 Å². The van der Waals surface area contributed by atoms with E-state index in [0.717, 1.165) is 0 Å².